The lowest BCUT2D eigenvalue weighted by molar-refractivity contribution is 0.191. The Kier molecular flexibility index (Phi) is 4.37. The van der Waals surface area contributed by atoms with Gasteiger partial charge in [-0.2, -0.15) is 0 Å². The first-order valence-electron chi connectivity index (χ1n) is 5.15. The molecule has 0 saturated carbocycles. The van der Waals surface area contributed by atoms with E-state index >= 15 is 0 Å². The molecule has 0 amide bonds. The van der Waals surface area contributed by atoms with E-state index in [0.717, 1.165) is 23.3 Å². The molecule has 0 aliphatic rings. The normalized spacial score (nSPS) is 12.2. The molecule has 0 spiro atoms. The molecular weight excluding hydrogens is 188 g/mol. The third kappa shape index (κ3) is 3.76. The van der Waals surface area contributed by atoms with E-state index in [0.29, 0.717) is 6.61 Å². The van der Waals surface area contributed by atoms with Crippen LogP contribution in [-0.2, 0) is 0 Å². The molecule has 0 fully saturated rings. The molecular formula is C13H18O2. The van der Waals surface area contributed by atoms with Gasteiger partial charge in [-0.25, -0.2) is 0 Å². The highest BCUT2D eigenvalue weighted by atomic mass is 16.5. The summed E-state index contributed by atoms with van der Waals surface area (Å²) < 4.78 is 5.59. The Morgan fingerprint density at radius 3 is 2.73 bits per heavy atom. The molecule has 1 aromatic rings. The van der Waals surface area contributed by atoms with E-state index in [4.69, 9.17) is 4.74 Å². The standard InChI is InChI=1S/C13H18O2/c1-10(2)8-9-15-13-7-5-4-6-12(13)11(3)14/h4-7,11,14H,1,8-9H2,2-3H3/t11-/m1/s1. The van der Waals surface area contributed by atoms with Crippen LogP contribution in [0.2, 0.25) is 0 Å². The Hall–Kier alpha value is -1.28. The number of hydrogen-bond donors (Lipinski definition) is 1. The monoisotopic (exact) mass is 206 g/mol. The van der Waals surface area contributed by atoms with Crippen molar-refractivity contribution in [1.82, 2.24) is 0 Å². The fraction of sp³-hybridized carbons (Fsp3) is 0.385. The maximum atomic E-state index is 9.52. The van der Waals surface area contributed by atoms with Crippen LogP contribution in [0.3, 0.4) is 0 Å². The molecule has 0 bridgehead atoms. The molecule has 1 aromatic carbocycles. The quantitative estimate of drug-likeness (QED) is 0.750. The van der Waals surface area contributed by atoms with Crippen molar-refractivity contribution in [3.63, 3.8) is 0 Å². The van der Waals surface area contributed by atoms with Gasteiger partial charge in [-0.05, 0) is 19.9 Å². The largest absolute Gasteiger partial charge is 0.493 e. The molecule has 2 nitrogen and oxygen atoms in total. The summed E-state index contributed by atoms with van der Waals surface area (Å²) >= 11 is 0. The third-order valence-electron chi connectivity index (χ3n) is 2.16. The first kappa shape index (κ1) is 11.8. The Labute approximate surface area is 91.2 Å². The fourth-order valence-corrected chi connectivity index (χ4v) is 1.29. The van der Waals surface area contributed by atoms with Crippen LogP contribution >= 0.6 is 0 Å². The predicted octanol–water partition coefficient (Wildman–Crippen LogP) is 3.08. The number of ether oxygens (including phenoxy) is 1. The first-order chi connectivity index (χ1) is 7.11. The van der Waals surface area contributed by atoms with E-state index in [1.165, 1.54) is 0 Å². The van der Waals surface area contributed by atoms with Gasteiger partial charge in [-0.3, -0.25) is 0 Å². The molecule has 0 radical (unpaired) electrons. The van der Waals surface area contributed by atoms with Crippen molar-refractivity contribution >= 4 is 0 Å². The van der Waals surface area contributed by atoms with Gasteiger partial charge in [0.25, 0.3) is 0 Å². The Morgan fingerprint density at radius 2 is 2.13 bits per heavy atom. The summed E-state index contributed by atoms with van der Waals surface area (Å²) in [5.74, 6) is 0.758. The van der Waals surface area contributed by atoms with Crippen LogP contribution in [0, 0.1) is 0 Å². The van der Waals surface area contributed by atoms with E-state index < -0.39 is 6.10 Å². The number of rotatable bonds is 5. The van der Waals surface area contributed by atoms with Crippen LogP contribution in [0.25, 0.3) is 0 Å². The van der Waals surface area contributed by atoms with Gasteiger partial charge in [0.05, 0.1) is 12.7 Å². The highest BCUT2D eigenvalue weighted by Crippen LogP contribution is 2.24. The zero-order chi connectivity index (χ0) is 11.3. The maximum absolute atomic E-state index is 9.52. The molecule has 15 heavy (non-hydrogen) atoms. The van der Waals surface area contributed by atoms with E-state index in [1.54, 1.807) is 6.92 Å². The SMILES string of the molecule is C=C(C)CCOc1ccccc1[C@@H](C)O. The number of aliphatic hydroxyl groups excluding tert-OH is 1. The molecule has 1 rings (SSSR count). The Bertz CT molecular complexity index is 329. The van der Waals surface area contributed by atoms with E-state index in [1.807, 2.05) is 31.2 Å². The van der Waals surface area contributed by atoms with Crippen LogP contribution in [0.4, 0.5) is 0 Å². The molecule has 0 aromatic heterocycles. The lowest BCUT2D eigenvalue weighted by Crippen LogP contribution is -2.02. The van der Waals surface area contributed by atoms with Gasteiger partial charge < -0.3 is 9.84 Å². The second-order valence-electron chi connectivity index (χ2n) is 3.77. The van der Waals surface area contributed by atoms with Gasteiger partial charge in [-0.15, -0.1) is 6.58 Å². The molecule has 0 aliphatic carbocycles. The fourth-order valence-electron chi connectivity index (χ4n) is 1.29. The zero-order valence-electron chi connectivity index (χ0n) is 9.36. The summed E-state index contributed by atoms with van der Waals surface area (Å²) in [5.41, 5.74) is 1.93. The van der Waals surface area contributed by atoms with Gasteiger partial charge in [0.1, 0.15) is 5.75 Å². The van der Waals surface area contributed by atoms with E-state index in [-0.39, 0.29) is 0 Å². The average molecular weight is 206 g/mol. The topological polar surface area (TPSA) is 29.5 Å². The minimum absolute atomic E-state index is 0.494. The summed E-state index contributed by atoms with van der Waals surface area (Å²) in [6.45, 7) is 8.14. The number of aliphatic hydroxyl groups is 1. The number of benzene rings is 1. The Morgan fingerprint density at radius 1 is 1.47 bits per heavy atom. The molecule has 0 saturated heterocycles. The average Bonchev–Trinajstić information content (AvgIpc) is 2.17. The van der Waals surface area contributed by atoms with Crippen LogP contribution in [0.15, 0.2) is 36.4 Å². The second kappa shape index (κ2) is 5.56. The molecule has 82 valence electrons. The van der Waals surface area contributed by atoms with Crippen molar-refractivity contribution in [3.05, 3.63) is 42.0 Å². The van der Waals surface area contributed by atoms with Crippen LogP contribution in [0.1, 0.15) is 31.9 Å². The predicted molar refractivity (Wildman–Crippen MR) is 62.0 cm³/mol. The molecule has 0 aliphatic heterocycles. The minimum Gasteiger partial charge on any atom is -0.493 e. The van der Waals surface area contributed by atoms with Crippen LogP contribution < -0.4 is 4.74 Å². The zero-order valence-corrected chi connectivity index (χ0v) is 9.36. The van der Waals surface area contributed by atoms with Gasteiger partial charge >= 0.3 is 0 Å². The Balaban J connectivity index is 2.63. The molecule has 1 atom stereocenters. The minimum atomic E-state index is -0.494. The van der Waals surface area contributed by atoms with Gasteiger partial charge in [0, 0.05) is 12.0 Å². The van der Waals surface area contributed by atoms with Gasteiger partial charge in [-0.1, -0.05) is 23.8 Å². The summed E-state index contributed by atoms with van der Waals surface area (Å²) in [4.78, 5) is 0. The van der Waals surface area contributed by atoms with Crippen molar-refractivity contribution in [2.45, 2.75) is 26.4 Å². The van der Waals surface area contributed by atoms with E-state index in [9.17, 15) is 5.11 Å². The van der Waals surface area contributed by atoms with Crippen LogP contribution in [-0.4, -0.2) is 11.7 Å². The lowest BCUT2D eigenvalue weighted by atomic mass is 10.1. The molecule has 0 unspecified atom stereocenters. The smallest absolute Gasteiger partial charge is 0.125 e. The third-order valence-corrected chi connectivity index (χ3v) is 2.16. The maximum Gasteiger partial charge on any atom is 0.125 e. The van der Waals surface area contributed by atoms with Crippen LogP contribution in [0.5, 0.6) is 5.75 Å². The highest BCUT2D eigenvalue weighted by Gasteiger charge is 2.07. The molecule has 2 heteroatoms. The van der Waals surface area contributed by atoms with E-state index in [2.05, 4.69) is 6.58 Å². The van der Waals surface area contributed by atoms with Gasteiger partial charge in [0.15, 0.2) is 0 Å². The molecule has 0 heterocycles. The summed E-state index contributed by atoms with van der Waals surface area (Å²) in [7, 11) is 0. The van der Waals surface area contributed by atoms with Gasteiger partial charge in [0.2, 0.25) is 0 Å². The van der Waals surface area contributed by atoms with Crippen molar-refractivity contribution < 1.29 is 9.84 Å². The summed E-state index contributed by atoms with van der Waals surface area (Å²) in [5, 5.41) is 9.52. The summed E-state index contributed by atoms with van der Waals surface area (Å²) in [6, 6.07) is 7.55. The van der Waals surface area contributed by atoms with Crippen molar-refractivity contribution in [2.75, 3.05) is 6.61 Å². The number of para-hydroxylation sites is 1. The first-order valence-corrected chi connectivity index (χ1v) is 5.15. The lowest BCUT2D eigenvalue weighted by Gasteiger charge is -2.12. The second-order valence-corrected chi connectivity index (χ2v) is 3.77. The molecule has 1 N–H and O–H groups in total. The van der Waals surface area contributed by atoms with Crippen molar-refractivity contribution in [1.29, 1.82) is 0 Å². The number of hydrogen-bond acceptors (Lipinski definition) is 2. The highest BCUT2D eigenvalue weighted by molar-refractivity contribution is 5.34. The van der Waals surface area contributed by atoms with Crippen molar-refractivity contribution in [2.24, 2.45) is 0 Å². The summed E-state index contributed by atoms with van der Waals surface area (Å²) in [6.07, 6.45) is 0.347. The van der Waals surface area contributed by atoms with Crippen molar-refractivity contribution in [3.8, 4) is 5.75 Å².